The van der Waals surface area contributed by atoms with Crippen LogP contribution in [0.25, 0.3) is 0 Å². The van der Waals surface area contributed by atoms with E-state index < -0.39 is 7.94 Å². The first-order valence-corrected chi connectivity index (χ1v) is 3.39. The molecule has 0 rings (SSSR count). The Labute approximate surface area is 44.9 Å². The highest BCUT2D eigenvalue weighted by atomic mass is 31.1. The quantitative estimate of drug-likeness (QED) is 0.480. The molecule has 1 N–H and O–H groups in total. The van der Waals surface area contributed by atoms with Crippen LogP contribution in [-0.2, 0) is 0 Å². The largest absolute Gasteiger partial charge is 0.612 e. The Morgan fingerprint density at radius 3 is 1.57 bits per heavy atom. The van der Waals surface area contributed by atoms with Gasteiger partial charge in [0.15, 0.2) is 7.94 Å². The normalized spacial score (nSPS) is 14.0. The lowest BCUT2D eigenvalue weighted by molar-refractivity contribution is -0.160. The van der Waals surface area contributed by atoms with Gasteiger partial charge >= 0.3 is 0 Å². The zero-order valence-corrected chi connectivity index (χ0v) is 5.75. The SMILES string of the molecule is CC(C)(C)[P+](=N)[O-]. The van der Waals surface area contributed by atoms with E-state index in [0.717, 1.165) is 0 Å². The van der Waals surface area contributed by atoms with Crippen LogP contribution in [0, 0.1) is 5.16 Å². The highest BCUT2D eigenvalue weighted by molar-refractivity contribution is 7.39. The van der Waals surface area contributed by atoms with Gasteiger partial charge in [0.05, 0.1) is 0 Å². The smallest absolute Gasteiger partial charge is 0.165 e. The second kappa shape index (κ2) is 1.89. The highest BCUT2D eigenvalue weighted by Gasteiger charge is 2.19. The summed E-state index contributed by atoms with van der Waals surface area (Å²) in [5.74, 6) is 0. The summed E-state index contributed by atoms with van der Waals surface area (Å²) in [6.07, 6.45) is 0. The fourth-order valence-electron chi connectivity index (χ4n) is 0. The Morgan fingerprint density at radius 1 is 1.43 bits per heavy atom. The van der Waals surface area contributed by atoms with Crippen LogP contribution < -0.4 is 4.89 Å². The molecule has 0 aliphatic heterocycles. The van der Waals surface area contributed by atoms with Crippen LogP contribution in [0.4, 0.5) is 0 Å². The Kier molecular flexibility index (Phi) is 1.91. The van der Waals surface area contributed by atoms with Crippen molar-refractivity contribution in [3.63, 3.8) is 0 Å². The summed E-state index contributed by atoms with van der Waals surface area (Å²) in [7, 11) is -1.74. The van der Waals surface area contributed by atoms with Gasteiger partial charge in [-0.15, -0.1) is 5.16 Å². The molecular weight excluding hydrogens is 109 g/mol. The van der Waals surface area contributed by atoms with E-state index in [2.05, 4.69) is 0 Å². The molecule has 0 heterocycles. The van der Waals surface area contributed by atoms with Crippen LogP contribution in [0.3, 0.4) is 0 Å². The van der Waals surface area contributed by atoms with Crippen LogP contribution in [0.15, 0.2) is 0 Å². The molecule has 1 atom stereocenters. The molecule has 0 bridgehead atoms. The summed E-state index contributed by atoms with van der Waals surface area (Å²) < 4.78 is 0. The van der Waals surface area contributed by atoms with Gasteiger partial charge in [0.1, 0.15) is 5.16 Å². The number of hydrogen-bond acceptors (Lipinski definition) is 2. The third kappa shape index (κ3) is 2.72. The first-order chi connectivity index (χ1) is 2.94. The van der Waals surface area contributed by atoms with Crippen molar-refractivity contribution in [3.05, 3.63) is 0 Å². The van der Waals surface area contributed by atoms with E-state index in [1.54, 1.807) is 20.8 Å². The predicted octanol–water partition coefficient (Wildman–Crippen LogP) is 1.30. The maximum absolute atomic E-state index is 10.3. The van der Waals surface area contributed by atoms with Crippen molar-refractivity contribution in [2.45, 2.75) is 25.9 Å². The molecule has 0 aromatic heterocycles. The molecule has 0 radical (unpaired) electrons. The van der Waals surface area contributed by atoms with Gasteiger partial charge in [0.25, 0.3) is 0 Å². The topological polar surface area (TPSA) is 46.9 Å². The fraction of sp³-hybridized carbons (Fsp3) is 1.00. The molecule has 7 heavy (non-hydrogen) atoms. The van der Waals surface area contributed by atoms with E-state index in [-0.39, 0.29) is 5.16 Å². The Bertz CT molecular complexity index is 84.2. The van der Waals surface area contributed by atoms with Gasteiger partial charge in [0, 0.05) is 0 Å². The molecule has 42 valence electrons. The van der Waals surface area contributed by atoms with E-state index in [1.807, 2.05) is 0 Å². The second-order valence-electron chi connectivity index (χ2n) is 2.47. The predicted molar refractivity (Wildman–Crippen MR) is 29.4 cm³/mol. The van der Waals surface area contributed by atoms with E-state index in [4.69, 9.17) is 5.16 Å². The average Bonchev–Trinajstić information content (AvgIpc) is 1.31. The number of rotatable bonds is 0. The molecule has 0 spiro atoms. The van der Waals surface area contributed by atoms with Gasteiger partial charge in [0.2, 0.25) is 0 Å². The van der Waals surface area contributed by atoms with Crippen molar-refractivity contribution in [2.75, 3.05) is 0 Å². The Balaban J connectivity index is 3.79. The minimum absolute atomic E-state index is 0.324. The van der Waals surface area contributed by atoms with Crippen LogP contribution >= 0.6 is 7.94 Å². The third-order valence-electron chi connectivity index (χ3n) is 0.609. The molecule has 0 fully saturated rings. The first-order valence-electron chi connectivity index (χ1n) is 2.13. The van der Waals surface area contributed by atoms with E-state index in [0.29, 0.717) is 0 Å². The molecule has 0 aromatic rings. The highest BCUT2D eigenvalue weighted by Crippen LogP contribution is 2.29. The molecule has 0 amide bonds. The molecule has 2 nitrogen and oxygen atoms in total. The van der Waals surface area contributed by atoms with Crippen LogP contribution in [0.1, 0.15) is 20.8 Å². The molecule has 3 heteroatoms. The summed E-state index contributed by atoms with van der Waals surface area (Å²) in [6.45, 7) is 5.37. The average molecular weight is 119 g/mol. The maximum atomic E-state index is 10.3. The van der Waals surface area contributed by atoms with E-state index in [1.165, 1.54) is 0 Å². The summed E-state index contributed by atoms with van der Waals surface area (Å²) in [4.78, 5) is 10.3. The minimum atomic E-state index is -1.74. The molecule has 0 aromatic carbocycles. The van der Waals surface area contributed by atoms with Crippen molar-refractivity contribution in [1.29, 1.82) is 5.16 Å². The van der Waals surface area contributed by atoms with Crippen molar-refractivity contribution >= 4 is 7.94 Å². The Hall–Kier alpha value is 0.0600. The Morgan fingerprint density at radius 2 is 1.57 bits per heavy atom. The molecule has 0 aliphatic rings. The van der Waals surface area contributed by atoms with Gasteiger partial charge < -0.3 is 4.89 Å². The van der Waals surface area contributed by atoms with Gasteiger partial charge in [-0.1, -0.05) is 0 Å². The molecular formula is C4H10NOP. The summed E-state index contributed by atoms with van der Waals surface area (Å²) in [5.41, 5.74) is 0. The van der Waals surface area contributed by atoms with E-state index in [9.17, 15) is 4.89 Å². The first kappa shape index (κ1) is 7.06. The lowest BCUT2D eigenvalue weighted by Gasteiger charge is -2.08. The van der Waals surface area contributed by atoms with Crippen molar-refractivity contribution in [2.24, 2.45) is 0 Å². The summed E-state index contributed by atoms with van der Waals surface area (Å²) >= 11 is 0. The minimum Gasteiger partial charge on any atom is -0.612 e. The van der Waals surface area contributed by atoms with Crippen LogP contribution in [0.2, 0.25) is 0 Å². The van der Waals surface area contributed by atoms with Gasteiger partial charge in [-0.05, 0) is 20.8 Å². The number of hydrogen-bond donors (Lipinski definition) is 1. The number of nitrogens with one attached hydrogen (secondary N) is 1. The summed E-state index contributed by atoms with van der Waals surface area (Å²) in [5, 5.41) is 6.41. The second-order valence-corrected chi connectivity index (χ2v) is 4.40. The fourth-order valence-corrected chi connectivity index (χ4v) is 0. The van der Waals surface area contributed by atoms with Crippen molar-refractivity contribution in [1.82, 2.24) is 0 Å². The molecule has 0 saturated carbocycles. The van der Waals surface area contributed by atoms with Gasteiger partial charge in [-0.2, -0.15) is 0 Å². The summed E-state index contributed by atoms with van der Waals surface area (Å²) in [6, 6.07) is 0. The lowest BCUT2D eigenvalue weighted by atomic mass is 10.3. The molecule has 0 saturated heterocycles. The van der Waals surface area contributed by atoms with Gasteiger partial charge in [-0.3, -0.25) is 0 Å². The van der Waals surface area contributed by atoms with Crippen molar-refractivity contribution in [3.8, 4) is 0 Å². The monoisotopic (exact) mass is 119 g/mol. The van der Waals surface area contributed by atoms with Crippen LogP contribution in [-0.4, -0.2) is 5.16 Å². The molecule has 0 aliphatic carbocycles. The maximum Gasteiger partial charge on any atom is 0.165 e. The zero-order chi connectivity index (χ0) is 6.08. The molecule has 1 unspecified atom stereocenters. The lowest BCUT2D eigenvalue weighted by Crippen LogP contribution is -2.12. The standard InChI is InChI=1S/C4H10NOP/c1-4(2,3)7(5)6/h5H,1-3H3. The van der Waals surface area contributed by atoms with Gasteiger partial charge in [-0.25, -0.2) is 0 Å². The van der Waals surface area contributed by atoms with Crippen LogP contribution in [0.5, 0.6) is 0 Å². The van der Waals surface area contributed by atoms with Crippen molar-refractivity contribution < 1.29 is 4.89 Å². The van der Waals surface area contributed by atoms with E-state index >= 15 is 0 Å². The third-order valence-corrected chi connectivity index (χ3v) is 1.83. The zero-order valence-electron chi connectivity index (χ0n) is 4.86.